The monoisotopic (exact) mass is 235 g/mol. The van der Waals surface area contributed by atoms with Crippen LogP contribution in [0, 0.1) is 18.3 Å². The minimum absolute atomic E-state index is 0.259. The lowest BCUT2D eigenvalue weighted by molar-refractivity contribution is -0.113. The number of nitriles is 1. The molecule has 0 saturated heterocycles. The molecular weight excluding hydrogens is 226 g/mol. The van der Waals surface area contributed by atoms with Crippen molar-refractivity contribution in [2.24, 2.45) is 0 Å². The van der Waals surface area contributed by atoms with Gasteiger partial charge in [-0.3, -0.25) is 4.79 Å². The predicted molar refractivity (Wildman–Crippen MR) is 62.0 cm³/mol. The molecular formula is C12H10ClNO2. The molecule has 0 aromatic heterocycles. The van der Waals surface area contributed by atoms with E-state index in [9.17, 15) is 9.90 Å². The zero-order chi connectivity index (χ0) is 12.3. The summed E-state index contributed by atoms with van der Waals surface area (Å²) in [6.45, 7) is 2.94. The first-order chi connectivity index (χ1) is 7.49. The Kier molecular flexibility index (Phi) is 3.70. The zero-order valence-corrected chi connectivity index (χ0v) is 9.67. The van der Waals surface area contributed by atoms with Crippen LogP contribution in [0.4, 0.5) is 0 Å². The number of aliphatic hydroxyl groups is 1. The van der Waals surface area contributed by atoms with Crippen molar-refractivity contribution in [1.82, 2.24) is 0 Å². The predicted octanol–water partition coefficient (Wildman–Crippen LogP) is 3.03. The Labute approximate surface area is 98.6 Å². The number of hydrogen-bond donors (Lipinski definition) is 1. The maximum absolute atomic E-state index is 11.1. The molecule has 0 saturated carbocycles. The smallest absolute Gasteiger partial charge is 0.174 e. The molecule has 0 heterocycles. The molecule has 0 fully saturated rings. The third kappa shape index (κ3) is 2.23. The van der Waals surface area contributed by atoms with Crippen LogP contribution in [0.3, 0.4) is 0 Å². The fraction of sp³-hybridized carbons (Fsp3) is 0.167. The third-order valence-corrected chi connectivity index (χ3v) is 2.63. The van der Waals surface area contributed by atoms with E-state index in [1.165, 1.54) is 6.92 Å². The number of allylic oxidation sites excluding steroid dienone is 1. The second kappa shape index (κ2) is 4.82. The van der Waals surface area contributed by atoms with Crippen molar-refractivity contribution >= 4 is 23.1 Å². The minimum atomic E-state index is -0.473. The van der Waals surface area contributed by atoms with Gasteiger partial charge in [0.05, 0.1) is 0 Å². The van der Waals surface area contributed by atoms with Crippen LogP contribution in [0.5, 0.6) is 0 Å². The van der Waals surface area contributed by atoms with E-state index in [0.717, 1.165) is 0 Å². The highest BCUT2D eigenvalue weighted by atomic mass is 35.5. The maximum atomic E-state index is 11.1. The number of benzene rings is 1. The Morgan fingerprint density at radius 1 is 1.50 bits per heavy atom. The number of carbonyl (C=O) groups excluding carboxylic acids is 1. The van der Waals surface area contributed by atoms with Gasteiger partial charge in [-0.05, 0) is 18.6 Å². The van der Waals surface area contributed by atoms with Crippen molar-refractivity contribution in [3.63, 3.8) is 0 Å². The molecule has 0 aliphatic rings. The summed E-state index contributed by atoms with van der Waals surface area (Å²) in [5.41, 5.74) is 0.778. The summed E-state index contributed by atoms with van der Waals surface area (Å²) in [7, 11) is 0. The molecule has 0 aliphatic heterocycles. The molecule has 0 unspecified atom stereocenters. The van der Waals surface area contributed by atoms with Crippen LogP contribution >= 0.6 is 11.6 Å². The van der Waals surface area contributed by atoms with Crippen LogP contribution in [-0.4, -0.2) is 10.9 Å². The Morgan fingerprint density at radius 2 is 2.12 bits per heavy atom. The van der Waals surface area contributed by atoms with Crippen molar-refractivity contribution in [3.8, 4) is 6.07 Å². The number of aliphatic hydroxyl groups excluding tert-OH is 1. The molecule has 0 atom stereocenters. The van der Waals surface area contributed by atoms with Gasteiger partial charge >= 0.3 is 0 Å². The largest absolute Gasteiger partial charge is 0.506 e. The van der Waals surface area contributed by atoms with Crippen molar-refractivity contribution in [2.45, 2.75) is 13.8 Å². The molecule has 0 amide bonds. The Bertz CT molecular complexity index is 512. The van der Waals surface area contributed by atoms with Crippen molar-refractivity contribution in [3.05, 3.63) is 39.9 Å². The molecule has 1 aromatic rings. The number of carbonyl (C=O) groups is 1. The van der Waals surface area contributed by atoms with Crippen molar-refractivity contribution in [2.75, 3.05) is 0 Å². The summed E-state index contributed by atoms with van der Waals surface area (Å²) in [4.78, 5) is 11.1. The number of nitrogens with zero attached hydrogens (tertiary/aromatic N) is 1. The molecule has 0 bridgehead atoms. The van der Waals surface area contributed by atoms with Gasteiger partial charge in [0.25, 0.3) is 0 Å². The summed E-state index contributed by atoms with van der Waals surface area (Å²) in [5.74, 6) is -0.797. The highest BCUT2D eigenvalue weighted by Gasteiger charge is 2.14. The average molecular weight is 236 g/mol. The lowest BCUT2D eigenvalue weighted by Crippen LogP contribution is -2.00. The lowest BCUT2D eigenvalue weighted by Gasteiger charge is -2.07. The standard InChI is InChI=1S/C12H10ClNO2/c1-7-9(4-3-5-11(7)13)12(16)10(6-14)8(2)15/h3-5,16H,1-2H3/b12-10-. The highest BCUT2D eigenvalue weighted by Crippen LogP contribution is 2.25. The van der Waals surface area contributed by atoms with E-state index in [0.29, 0.717) is 16.1 Å². The van der Waals surface area contributed by atoms with Gasteiger partial charge in [0.1, 0.15) is 17.4 Å². The molecule has 0 radical (unpaired) electrons. The number of halogens is 1. The minimum Gasteiger partial charge on any atom is -0.506 e. The fourth-order valence-corrected chi connectivity index (χ4v) is 1.47. The van der Waals surface area contributed by atoms with Gasteiger partial charge in [-0.2, -0.15) is 5.26 Å². The van der Waals surface area contributed by atoms with E-state index in [4.69, 9.17) is 16.9 Å². The maximum Gasteiger partial charge on any atom is 0.174 e. The first-order valence-electron chi connectivity index (χ1n) is 4.58. The molecule has 3 nitrogen and oxygen atoms in total. The number of ketones is 1. The van der Waals surface area contributed by atoms with Gasteiger partial charge in [0, 0.05) is 17.5 Å². The molecule has 4 heteroatoms. The first kappa shape index (κ1) is 12.3. The van der Waals surface area contributed by atoms with Gasteiger partial charge in [-0.1, -0.05) is 23.7 Å². The topological polar surface area (TPSA) is 61.1 Å². The van der Waals surface area contributed by atoms with Crippen molar-refractivity contribution < 1.29 is 9.90 Å². The first-order valence-corrected chi connectivity index (χ1v) is 4.96. The fourth-order valence-electron chi connectivity index (χ4n) is 1.30. The van der Waals surface area contributed by atoms with E-state index >= 15 is 0 Å². The lowest BCUT2D eigenvalue weighted by atomic mass is 10.0. The van der Waals surface area contributed by atoms with Gasteiger partial charge in [0.2, 0.25) is 0 Å². The second-order valence-electron chi connectivity index (χ2n) is 3.30. The van der Waals surface area contributed by atoms with Crippen LogP contribution in [0.2, 0.25) is 5.02 Å². The second-order valence-corrected chi connectivity index (χ2v) is 3.71. The van der Waals surface area contributed by atoms with Crippen LogP contribution in [0.15, 0.2) is 23.8 Å². The quantitative estimate of drug-likeness (QED) is 0.487. The molecule has 0 spiro atoms. The number of hydrogen-bond acceptors (Lipinski definition) is 3. The highest BCUT2D eigenvalue weighted by molar-refractivity contribution is 6.31. The van der Waals surface area contributed by atoms with Crippen LogP contribution < -0.4 is 0 Å². The van der Waals surface area contributed by atoms with Gasteiger partial charge in [0.15, 0.2) is 5.78 Å². The van der Waals surface area contributed by atoms with Crippen molar-refractivity contribution in [1.29, 1.82) is 5.26 Å². The van der Waals surface area contributed by atoms with Crippen LogP contribution in [0.25, 0.3) is 5.76 Å². The number of rotatable bonds is 2. The summed E-state index contributed by atoms with van der Waals surface area (Å²) in [6, 6.07) is 6.61. The van der Waals surface area contributed by atoms with E-state index in [2.05, 4.69) is 0 Å². The van der Waals surface area contributed by atoms with Gasteiger partial charge < -0.3 is 5.11 Å². The molecule has 1 rings (SSSR count). The Balaban J connectivity index is 3.46. The molecule has 1 N–H and O–H groups in total. The van der Waals surface area contributed by atoms with E-state index in [-0.39, 0.29) is 11.3 Å². The normalized spacial score (nSPS) is 11.6. The van der Waals surface area contributed by atoms with Crippen LogP contribution in [0.1, 0.15) is 18.1 Å². The van der Waals surface area contributed by atoms with E-state index in [1.807, 2.05) is 0 Å². The molecule has 1 aromatic carbocycles. The Hall–Kier alpha value is -1.79. The molecule has 0 aliphatic carbocycles. The molecule has 82 valence electrons. The van der Waals surface area contributed by atoms with E-state index in [1.54, 1.807) is 31.2 Å². The van der Waals surface area contributed by atoms with Gasteiger partial charge in [-0.15, -0.1) is 0 Å². The van der Waals surface area contributed by atoms with E-state index < -0.39 is 5.78 Å². The third-order valence-electron chi connectivity index (χ3n) is 2.22. The Morgan fingerprint density at radius 3 is 2.62 bits per heavy atom. The SMILES string of the molecule is CC(=O)/C(C#N)=C(\O)c1cccc(Cl)c1C. The summed E-state index contributed by atoms with van der Waals surface area (Å²) in [6.07, 6.45) is 0. The number of Topliss-reactive ketones (excluding diaryl/α,β-unsaturated/α-hetero) is 1. The van der Waals surface area contributed by atoms with Gasteiger partial charge in [-0.25, -0.2) is 0 Å². The summed E-state index contributed by atoms with van der Waals surface area (Å²) >= 11 is 5.88. The average Bonchev–Trinajstić information content (AvgIpc) is 2.22. The summed E-state index contributed by atoms with van der Waals surface area (Å²) < 4.78 is 0. The molecule has 16 heavy (non-hydrogen) atoms. The zero-order valence-electron chi connectivity index (χ0n) is 8.91. The van der Waals surface area contributed by atoms with Crippen LogP contribution in [-0.2, 0) is 4.79 Å². The summed E-state index contributed by atoms with van der Waals surface area (Å²) in [5, 5.41) is 19.1.